The molecule has 2 atom stereocenters. The van der Waals surface area contributed by atoms with Crippen molar-refractivity contribution in [2.45, 2.75) is 25.7 Å². The third-order valence-electron chi connectivity index (χ3n) is 3.81. The Bertz CT molecular complexity index is 660. The van der Waals surface area contributed by atoms with Crippen LogP contribution in [0.15, 0.2) is 54.6 Å². The summed E-state index contributed by atoms with van der Waals surface area (Å²) in [6.07, 6.45) is -0.586. The molecule has 2 rings (SSSR count). The summed E-state index contributed by atoms with van der Waals surface area (Å²) in [4.78, 5) is 11.5. The fourth-order valence-corrected chi connectivity index (χ4v) is 2.43. The normalized spacial score (nSPS) is 12.9. The second-order valence-electron chi connectivity index (χ2n) is 5.81. The highest BCUT2D eigenvalue weighted by Crippen LogP contribution is 2.17. The molecule has 0 unspecified atom stereocenters. The van der Waals surface area contributed by atoms with Gasteiger partial charge in [-0.25, -0.2) is 0 Å². The fraction of sp³-hybridized carbons (Fsp3) is 0.350. The van der Waals surface area contributed by atoms with Gasteiger partial charge in [-0.3, -0.25) is 4.79 Å². The summed E-state index contributed by atoms with van der Waals surface area (Å²) >= 11 is 0. The van der Waals surface area contributed by atoms with Gasteiger partial charge < -0.3 is 24.6 Å². The van der Waals surface area contributed by atoms with Crippen LogP contribution in [0.25, 0.3) is 0 Å². The van der Waals surface area contributed by atoms with Gasteiger partial charge in [0.2, 0.25) is 5.91 Å². The van der Waals surface area contributed by atoms with Gasteiger partial charge >= 0.3 is 0 Å². The lowest BCUT2D eigenvalue weighted by Gasteiger charge is -2.26. The van der Waals surface area contributed by atoms with E-state index in [9.17, 15) is 9.90 Å². The van der Waals surface area contributed by atoms with Gasteiger partial charge in [0.25, 0.3) is 0 Å². The average molecular weight is 359 g/mol. The zero-order valence-corrected chi connectivity index (χ0v) is 15.1. The van der Waals surface area contributed by atoms with E-state index < -0.39 is 12.1 Å². The highest BCUT2D eigenvalue weighted by molar-refractivity contribution is 5.73. The number of aliphatic hydroxyl groups is 1. The van der Waals surface area contributed by atoms with Crippen LogP contribution in [0.2, 0.25) is 0 Å². The summed E-state index contributed by atoms with van der Waals surface area (Å²) in [6.45, 7) is 1.70. The maximum atomic E-state index is 11.5. The van der Waals surface area contributed by atoms with Crippen molar-refractivity contribution in [2.75, 3.05) is 20.3 Å². The molecule has 0 spiro atoms. The molecule has 0 bridgehead atoms. The quantitative estimate of drug-likeness (QED) is 0.680. The maximum absolute atomic E-state index is 11.5. The van der Waals surface area contributed by atoms with Crippen molar-refractivity contribution in [3.8, 4) is 11.5 Å². The molecular weight excluding hydrogens is 334 g/mol. The Kier molecular flexibility index (Phi) is 7.92. The largest absolute Gasteiger partial charge is 0.497 e. The molecule has 0 aromatic heterocycles. The van der Waals surface area contributed by atoms with E-state index in [2.05, 4.69) is 5.32 Å². The van der Waals surface area contributed by atoms with Crippen LogP contribution < -0.4 is 14.8 Å². The van der Waals surface area contributed by atoms with E-state index in [4.69, 9.17) is 14.2 Å². The molecule has 0 radical (unpaired) electrons. The van der Waals surface area contributed by atoms with Crippen molar-refractivity contribution in [3.05, 3.63) is 60.2 Å². The number of carbonyl (C=O) groups is 1. The van der Waals surface area contributed by atoms with Gasteiger partial charge in [-0.05, 0) is 29.8 Å². The minimum absolute atomic E-state index is 0.173. The number of benzene rings is 2. The highest BCUT2D eigenvalue weighted by atomic mass is 16.5. The lowest BCUT2D eigenvalue weighted by atomic mass is 10.1. The van der Waals surface area contributed by atoms with E-state index in [0.717, 1.165) is 11.3 Å². The van der Waals surface area contributed by atoms with Crippen LogP contribution in [-0.2, 0) is 16.1 Å². The van der Waals surface area contributed by atoms with Gasteiger partial charge in [0.15, 0.2) is 0 Å². The minimum Gasteiger partial charge on any atom is -0.497 e. The molecular formula is C20H25NO5. The Morgan fingerprint density at radius 2 is 1.73 bits per heavy atom. The van der Waals surface area contributed by atoms with Gasteiger partial charge in [0, 0.05) is 6.92 Å². The van der Waals surface area contributed by atoms with E-state index in [-0.39, 0.29) is 19.1 Å². The van der Waals surface area contributed by atoms with Crippen LogP contribution >= 0.6 is 0 Å². The van der Waals surface area contributed by atoms with Crippen molar-refractivity contribution in [1.29, 1.82) is 0 Å². The maximum Gasteiger partial charge on any atom is 0.217 e. The molecule has 6 nitrogen and oxygen atoms in total. The zero-order chi connectivity index (χ0) is 18.8. The van der Waals surface area contributed by atoms with Crippen molar-refractivity contribution < 1.29 is 24.1 Å². The summed E-state index contributed by atoms with van der Waals surface area (Å²) in [6, 6.07) is 16.3. The first-order chi connectivity index (χ1) is 12.6. The van der Waals surface area contributed by atoms with Gasteiger partial charge in [-0.1, -0.05) is 30.3 Å². The summed E-state index contributed by atoms with van der Waals surface area (Å²) in [5.41, 5.74) is 0.989. The standard InChI is InChI=1S/C20H25NO5/c1-15(23)21-19(14-25-18-10-8-17(24-2)9-11-18)20(12-22)26-13-16-6-4-3-5-7-16/h3-11,19-20,22H,12-14H2,1-2H3,(H,21,23)/t19-,20-/m1/s1. The van der Waals surface area contributed by atoms with Crippen LogP contribution in [0.3, 0.4) is 0 Å². The number of hydrogen-bond donors (Lipinski definition) is 2. The second kappa shape index (κ2) is 10.4. The van der Waals surface area contributed by atoms with Gasteiger partial charge in [-0.2, -0.15) is 0 Å². The van der Waals surface area contributed by atoms with Crippen LogP contribution in [-0.4, -0.2) is 43.5 Å². The average Bonchev–Trinajstić information content (AvgIpc) is 2.67. The van der Waals surface area contributed by atoms with Gasteiger partial charge in [0.1, 0.15) is 24.2 Å². The Hall–Kier alpha value is -2.57. The summed E-state index contributed by atoms with van der Waals surface area (Å²) in [5, 5.41) is 12.5. The Morgan fingerprint density at radius 3 is 2.31 bits per heavy atom. The molecule has 0 saturated carbocycles. The molecule has 6 heteroatoms. The number of rotatable bonds is 10. The van der Waals surface area contributed by atoms with Crippen molar-refractivity contribution in [1.82, 2.24) is 5.32 Å². The predicted octanol–water partition coefficient (Wildman–Crippen LogP) is 2.16. The van der Waals surface area contributed by atoms with Crippen molar-refractivity contribution in [2.24, 2.45) is 0 Å². The molecule has 0 fully saturated rings. The van der Waals surface area contributed by atoms with Crippen molar-refractivity contribution >= 4 is 5.91 Å². The molecule has 0 aliphatic heterocycles. The lowest BCUT2D eigenvalue weighted by Crippen LogP contribution is -2.49. The number of nitrogens with one attached hydrogen (secondary N) is 1. The molecule has 0 saturated heterocycles. The summed E-state index contributed by atoms with van der Waals surface area (Å²) < 4.78 is 16.7. The number of carbonyl (C=O) groups excluding carboxylic acids is 1. The number of amides is 1. The van der Waals surface area contributed by atoms with Crippen LogP contribution in [0, 0.1) is 0 Å². The van der Waals surface area contributed by atoms with Crippen molar-refractivity contribution in [3.63, 3.8) is 0 Å². The summed E-state index contributed by atoms with van der Waals surface area (Å²) in [5.74, 6) is 1.16. The molecule has 26 heavy (non-hydrogen) atoms. The molecule has 0 heterocycles. The molecule has 140 valence electrons. The van der Waals surface area contributed by atoms with Crippen LogP contribution in [0.4, 0.5) is 0 Å². The van der Waals surface area contributed by atoms with Gasteiger partial charge in [0.05, 0.1) is 26.4 Å². The number of hydrogen-bond acceptors (Lipinski definition) is 5. The van der Waals surface area contributed by atoms with E-state index >= 15 is 0 Å². The van der Waals surface area contributed by atoms with E-state index in [1.54, 1.807) is 31.4 Å². The Balaban J connectivity index is 1.97. The molecule has 2 aromatic rings. The van der Waals surface area contributed by atoms with E-state index in [0.29, 0.717) is 12.4 Å². The smallest absolute Gasteiger partial charge is 0.217 e. The topological polar surface area (TPSA) is 77.0 Å². The first-order valence-corrected chi connectivity index (χ1v) is 8.42. The first kappa shape index (κ1) is 19.8. The molecule has 2 aromatic carbocycles. The SMILES string of the molecule is COc1ccc(OC[C@@H](NC(C)=O)[C@@H](CO)OCc2ccccc2)cc1. The Labute approximate surface area is 153 Å². The third-order valence-corrected chi connectivity index (χ3v) is 3.81. The predicted molar refractivity (Wildman–Crippen MR) is 98.2 cm³/mol. The molecule has 0 aliphatic rings. The molecule has 1 amide bonds. The number of ether oxygens (including phenoxy) is 3. The zero-order valence-electron chi connectivity index (χ0n) is 15.1. The number of aliphatic hydroxyl groups excluding tert-OH is 1. The van der Waals surface area contributed by atoms with Gasteiger partial charge in [-0.15, -0.1) is 0 Å². The van der Waals surface area contributed by atoms with Crippen LogP contribution in [0.5, 0.6) is 11.5 Å². The van der Waals surface area contributed by atoms with Crippen LogP contribution in [0.1, 0.15) is 12.5 Å². The summed E-state index contributed by atoms with van der Waals surface area (Å²) in [7, 11) is 1.60. The second-order valence-corrected chi connectivity index (χ2v) is 5.81. The third kappa shape index (κ3) is 6.38. The first-order valence-electron chi connectivity index (χ1n) is 8.42. The molecule has 2 N–H and O–H groups in total. The monoisotopic (exact) mass is 359 g/mol. The lowest BCUT2D eigenvalue weighted by molar-refractivity contribution is -0.122. The van der Waals surface area contributed by atoms with E-state index in [1.807, 2.05) is 30.3 Å². The molecule has 0 aliphatic carbocycles. The highest BCUT2D eigenvalue weighted by Gasteiger charge is 2.23. The fourth-order valence-electron chi connectivity index (χ4n) is 2.43. The minimum atomic E-state index is -0.586. The number of methoxy groups -OCH3 is 1. The Morgan fingerprint density at radius 1 is 1.08 bits per heavy atom. The van der Waals surface area contributed by atoms with E-state index in [1.165, 1.54) is 6.92 Å².